The van der Waals surface area contributed by atoms with Crippen LogP contribution < -0.4 is 63.9 Å². The number of hydrogen-bond acceptors (Lipinski definition) is 18. The third-order valence-electron chi connectivity index (χ3n) is 15.3. The molecule has 8 rings (SSSR count). The smallest absolute Gasteiger partial charge is 0.407 e. The van der Waals surface area contributed by atoms with Gasteiger partial charge in [-0.3, -0.25) is 48.2 Å². The first-order valence-electron chi connectivity index (χ1n) is 31.4. The average molecular weight is 1350 g/mol. The first kappa shape index (κ1) is 71.8. The van der Waals surface area contributed by atoms with Crippen molar-refractivity contribution < 1.29 is 57.4 Å². The zero-order valence-corrected chi connectivity index (χ0v) is 55.1. The van der Waals surface area contributed by atoms with Gasteiger partial charge >= 0.3 is 12.1 Å². The number of allylic oxidation sites excluding steroid dienone is 2. The summed E-state index contributed by atoms with van der Waals surface area (Å²) < 4.78 is 24.6. The van der Waals surface area contributed by atoms with Crippen LogP contribution in [0.1, 0.15) is 102 Å². The Labute approximate surface area is 560 Å². The molecular formula is C64H78N22O12. The summed E-state index contributed by atoms with van der Waals surface area (Å²) in [5.41, 5.74) is 30.8. The van der Waals surface area contributed by atoms with E-state index in [0.29, 0.717) is 74.8 Å². The van der Waals surface area contributed by atoms with Gasteiger partial charge in [0.25, 0.3) is 5.91 Å². The zero-order valence-electron chi connectivity index (χ0n) is 55.1. The molecule has 2 atom stereocenters. The normalized spacial score (nSPS) is 11.8. The topological polar surface area (TPSA) is 477 Å². The molecule has 98 heavy (non-hydrogen) atoms. The van der Waals surface area contributed by atoms with Crippen LogP contribution in [0.5, 0.6) is 11.5 Å². The Morgan fingerprint density at radius 1 is 0.724 bits per heavy atom. The maximum absolute atomic E-state index is 14.1. The summed E-state index contributed by atoms with van der Waals surface area (Å²) in [6.45, 7) is 11.7. The van der Waals surface area contributed by atoms with E-state index in [1.807, 2.05) is 48.2 Å². The predicted molar refractivity (Wildman–Crippen MR) is 360 cm³/mol. The van der Waals surface area contributed by atoms with E-state index in [4.69, 9.17) is 51.9 Å². The van der Waals surface area contributed by atoms with Crippen molar-refractivity contribution in [3.8, 4) is 23.0 Å². The van der Waals surface area contributed by atoms with Gasteiger partial charge in [-0.1, -0.05) is 43.2 Å². The fourth-order valence-corrected chi connectivity index (χ4v) is 10.6. The Hall–Kier alpha value is -12.1. The number of rotatable bonds is 34. The molecule has 13 N–H and O–H groups in total. The monoisotopic (exact) mass is 1350 g/mol. The Morgan fingerprint density at radius 3 is 2.09 bits per heavy atom. The molecule has 0 aliphatic carbocycles. The van der Waals surface area contributed by atoms with Crippen molar-refractivity contribution >= 4 is 98.1 Å². The number of aromatic nitrogens is 9. The molecule has 10 amide bonds. The van der Waals surface area contributed by atoms with Crippen LogP contribution in [0.3, 0.4) is 0 Å². The summed E-state index contributed by atoms with van der Waals surface area (Å²) in [6.07, 6.45) is 5.16. The van der Waals surface area contributed by atoms with E-state index in [2.05, 4.69) is 57.4 Å². The first-order chi connectivity index (χ1) is 47.0. The average Bonchev–Trinajstić information content (AvgIpc) is 1.60. The van der Waals surface area contributed by atoms with Gasteiger partial charge in [-0.15, -0.1) is 0 Å². The van der Waals surface area contributed by atoms with Crippen LogP contribution in [-0.2, 0) is 56.7 Å². The summed E-state index contributed by atoms with van der Waals surface area (Å²) in [6, 6.07) is 13.2. The molecule has 5 heterocycles. The molecule has 0 aliphatic heterocycles. The van der Waals surface area contributed by atoms with Crippen molar-refractivity contribution in [3.05, 3.63) is 123 Å². The predicted octanol–water partition coefficient (Wildman–Crippen LogP) is 4.89. The van der Waals surface area contributed by atoms with Crippen molar-refractivity contribution in [2.24, 2.45) is 28.2 Å². The van der Waals surface area contributed by atoms with E-state index >= 15 is 0 Å². The zero-order chi connectivity index (χ0) is 70.7. The number of carbonyl (C=O) groups excluding carboxylic acids is 9. The van der Waals surface area contributed by atoms with Crippen LogP contribution in [-0.4, -0.2) is 149 Å². The SMILES string of the molecule is CCn1nc(C)cc1C(=O)Nc1nc2cc(C(N)=O)cc(OCCCNC(=O)CCNC(=O)OCc3ccc(NC(=O)[C@H](CCCNC(N)=O)NC(=O)[C@@H](NC(=O)CN=[N+]=[N-])C(C)C)cc3)c2n1C/C=C/Cn1c2nc(-c3cc(C)nn3CC)ncc2c2cc(C(N)=O)cc(OC)c21. The van der Waals surface area contributed by atoms with E-state index < -0.39 is 72.1 Å². The number of benzene rings is 3. The molecule has 34 nitrogen and oxygen atoms in total. The van der Waals surface area contributed by atoms with Crippen molar-refractivity contribution in [1.82, 2.24) is 70.2 Å². The number of azide groups is 1. The molecule has 5 aromatic heterocycles. The number of primary amides is 3. The summed E-state index contributed by atoms with van der Waals surface area (Å²) in [7, 11) is 1.50. The second-order valence-electron chi connectivity index (χ2n) is 22.8. The van der Waals surface area contributed by atoms with E-state index in [9.17, 15) is 43.2 Å². The summed E-state index contributed by atoms with van der Waals surface area (Å²) in [5, 5.41) is 32.1. The molecule has 0 unspecified atom stereocenters. The molecule has 34 heteroatoms. The Balaban J connectivity index is 0.895. The van der Waals surface area contributed by atoms with Crippen LogP contribution in [0, 0.1) is 19.8 Å². The van der Waals surface area contributed by atoms with Gasteiger partial charge in [0.05, 0.1) is 36.1 Å². The lowest BCUT2D eigenvalue weighted by molar-refractivity contribution is -0.131. The molecule has 8 aromatic rings. The minimum absolute atomic E-state index is 0.0307. The Bertz CT molecular complexity index is 4390. The third kappa shape index (κ3) is 18.2. The maximum Gasteiger partial charge on any atom is 0.407 e. The van der Waals surface area contributed by atoms with Crippen molar-refractivity contribution in [2.75, 3.05) is 50.5 Å². The highest BCUT2D eigenvalue weighted by atomic mass is 16.5. The van der Waals surface area contributed by atoms with E-state index in [1.165, 1.54) is 19.2 Å². The number of carbonyl (C=O) groups is 9. The van der Waals surface area contributed by atoms with Gasteiger partial charge < -0.3 is 72.4 Å². The second kappa shape index (κ2) is 33.3. The molecule has 0 fully saturated rings. The standard InChI is InChI=1S/C64H78N22O12/c1-8-85-46(26-36(5)80-85)57-72-32-43-42-28-39(55(65)89)30-48(96-7)53(42)83(58(43)78-57)23-10-11-24-84-54-45(76-63(84)79-60(92)47-27-37(6)81-86(47)9-2)29-40(56(66)90)31-49(54)97-25-13-21-69-50(87)19-22-71-64(95)98-34-38-15-17-41(18-16-38)74-59(91)44(14-12-20-70-62(67)94)75-61(93)52(35(3)4)77-51(88)33-73-82-68/h10-11,15-18,26-32,35,44,52H,8-9,12-14,19-25,33-34H2,1-7H3,(H2,65,89)(H2,66,90)(H,69,87)(H,71,95)(H,74,91)(H,75,93)(H,77,88)(H3,67,70,94)(H,76,79,92)/b11-10+/t44-,52-/m0/s1. The number of hydrogen-bond donors (Lipinski definition) is 10. The molecule has 0 spiro atoms. The van der Waals surface area contributed by atoms with Gasteiger partial charge in [0.1, 0.15) is 59.3 Å². The van der Waals surface area contributed by atoms with Gasteiger partial charge in [-0.2, -0.15) is 10.2 Å². The number of imidazole rings is 1. The largest absolute Gasteiger partial charge is 0.495 e. The minimum atomic E-state index is -1.12. The van der Waals surface area contributed by atoms with Gasteiger partial charge in [0, 0.05) is 90.9 Å². The van der Waals surface area contributed by atoms with Gasteiger partial charge in [-0.25, -0.2) is 24.5 Å². The second-order valence-corrected chi connectivity index (χ2v) is 22.8. The van der Waals surface area contributed by atoms with Crippen molar-refractivity contribution in [3.63, 3.8) is 0 Å². The molecule has 0 saturated carbocycles. The molecule has 0 aliphatic rings. The number of ether oxygens (including phenoxy) is 3. The fourth-order valence-electron chi connectivity index (χ4n) is 10.6. The highest BCUT2D eigenvalue weighted by Gasteiger charge is 2.30. The number of alkyl carbamates (subject to hydrolysis) is 1. The number of aryl methyl sites for hydroxylation is 4. The highest BCUT2D eigenvalue weighted by molar-refractivity contribution is 6.12. The first-order valence-corrected chi connectivity index (χ1v) is 31.4. The lowest BCUT2D eigenvalue weighted by atomic mass is 10.0. The number of nitrogens with zero attached hydrogens (tertiary/aromatic N) is 12. The van der Waals surface area contributed by atoms with Gasteiger partial charge in [-0.05, 0) is 113 Å². The number of amides is 10. The Morgan fingerprint density at radius 2 is 1.41 bits per heavy atom. The lowest BCUT2D eigenvalue weighted by Gasteiger charge is -2.25. The Kier molecular flexibility index (Phi) is 24.4. The molecule has 516 valence electrons. The number of nitrogens with two attached hydrogens (primary N) is 3. The van der Waals surface area contributed by atoms with Gasteiger partial charge in [0.2, 0.25) is 41.4 Å². The number of urea groups is 1. The maximum atomic E-state index is 14.1. The summed E-state index contributed by atoms with van der Waals surface area (Å²) >= 11 is 0. The summed E-state index contributed by atoms with van der Waals surface area (Å²) in [4.78, 5) is 133. The number of nitrogens with one attached hydrogen (secondary N) is 7. The van der Waals surface area contributed by atoms with Crippen LogP contribution in [0.15, 0.2) is 84.1 Å². The molecular weight excluding hydrogens is 1270 g/mol. The minimum Gasteiger partial charge on any atom is -0.495 e. The molecule has 0 radical (unpaired) electrons. The molecule has 0 saturated heterocycles. The van der Waals surface area contributed by atoms with Crippen molar-refractivity contribution in [2.45, 2.75) is 112 Å². The molecule has 3 aromatic carbocycles. The number of fused-ring (bicyclic) bond motifs is 4. The van der Waals surface area contributed by atoms with Crippen LogP contribution in [0.25, 0.3) is 54.9 Å². The van der Waals surface area contributed by atoms with Gasteiger partial charge in [0.15, 0.2) is 5.82 Å². The van der Waals surface area contributed by atoms with Crippen LogP contribution in [0.2, 0.25) is 0 Å². The van der Waals surface area contributed by atoms with E-state index in [0.717, 1.165) is 5.69 Å². The quantitative estimate of drug-likeness (QED) is 0.00843. The van der Waals surface area contributed by atoms with Crippen LogP contribution in [0.4, 0.5) is 21.2 Å². The molecule has 0 bridgehead atoms. The number of anilines is 2. The van der Waals surface area contributed by atoms with Crippen LogP contribution >= 0.6 is 0 Å². The number of methoxy groups -OCH3 is 1. The fraction of sp³-hybridized carbons (Fsp3) is 0.375. The van der Waals surface area contributed by atoms with E-state index in [1.54, 1.807) is 78.7 Å². The summed E-state index contributed by atoms with van der Waals surface area (Å²) in [5.74, 6) is -3.54. The third-order valence-corrected chi connectivity index (χ3v) is 15.3. The highest BCUT2D eigenvalue weighted by Crippen LogP contribution is 2.37. The lowest BCUT2D eigenvalue weighted by Crippen LogP contribution is -2.55. The van der Waals surface area contributed by atoms with Crippen molar-refractivity contribution in [1.29, 1.82) is 0 Å². The van der Waals surface area contributed by atoms with E-state index in [-0.39, 0.29) is 112 Å².